The molecule has 1 aromatic rings. The first-order chi connectivity index (χ1) is 8.17. The average Bonchev–Trinajstić information content (AvgIpc) is 2.33. The van der Waals surface area contributed by atoms with Gasteiger partial charge in [-0.25, -0.2) is 4.39 Å². The molecule has 92 valence electrons. The molecule has 4 heteroatoms. The number of rotatable bonds is 6. The number of halogens is 2. The lowest BCUT2D eigenvalue weighted by Gasteiger charge is -2.08. The van der Waals surface area contributed by atoms with Gasteiger partial charge in [-0.2, -0.15) is 5.26 Å². The van der Waals surface area contributed by atoms with Crippen LogP contribution in [0, 0.1) is 23.1 Å². The second-order valence-corrected chi connectivity index (χ2v) is 4.84. The lowest BCUT2D eigenvalue weighted by Crippen LogP contribution is -2.24. The average molecular weight is 299 g/mol. The SMILES string of the molecule is CCC(C#N)CNCCc1cc(Br)ccc1F. The van der Waals surface area contributed by atoms with E-state index in [1.807, 2.05) is 6.92 Å². The Morgan fingerprint density at radius 2 is 2.29 bits per heavy atom. The van der Waals surface area contributed by atoms with Gasteiger partial charge in [-0.3, -0.25) is 0 Å². The van der Waals surface area contributed by atoms with Crippen molar-refractivity contribution < 1.29 is 4.39 Å². The summed E-state index contributed by atoms with van der Waals surface area (Å²) >= 11 is 3.32. The van der Waals surface area contributed by atoms with Crippen LogP contribution in [0.3, 0.4) is 0 Å². The van der Waals surface area contributed by atoms with Crippen LogP contribution >= 0.6 is 15.9 Å². The van der Waals surface area contributed by atoms with E-state index in [0.717, 1.165) is 10.9 Å². The normalized spacial score (nSPS) is 12.1. The third-order valence-corrected chi connectivity index (χ3v) is 3.14. The third kappa shape index (κ3) is 4.84. The maximum Gasteiger partial charge on any atom is 0.126 e. The predicted octanol–water partition coefficient (Wildman–Crippen LogP) is 3.27. The molecule has 0 fully saturated rings. The topological polar surface area (TPSA) is 35.8 Å². The Morgan fingerprint density at radius 1 is 1.53 bits per heavy atom. The molecule has 0 saturated carbocycles. The summed E-state index contributed by atoms with van der Waals surface area (Å²) in [7, 11) is 0. The largest absolute Gasteiger partial charge is 0.315 e. The molecular formula is C13H16BrFN2. The van der Waals surface area contributed by atoms with Crippen molar-refractivity contribution in [2.75, 3.05) is 13.1 Å². The predicted molar refractivity (Wildman–Crippen MR) is 70.1 cm³/mol. The minimum absolute atomic E-state index is 0.0438. The molecule has 0 aliphatic heterocycles. The fourth-order valence-electron chi connectivity index (χ4n) is 1.52. The molecule has 0 aliphatic carbocycles. The smallest absolute Gasteiger partial charge is 0.126 e. The van der Waals surface area contributed by atoms with Gasteiger partial charge in [-0.05, 0) is 43.1 Å². The minimum atomic E-state index is -0.178. The standard InChI is InChI=1S/C13H16BrFN2/c1-2-10(8-16)9-17-6-5-11-7-12(14)3-4-13(11)15/h3-4,7,10,17H,2,5-6,9H2,1H3. The van der Waals surface area contributed by atoms with Crippen molar-refractivity contribution in [3.05, 3.63) is 34.1 Å². The molecule has 0 amide bonds. The Hall–Kier alpha value is -0.920. The maximum atomic E-state index is 13.4. The Morgan fingerprint density at radius 3 is 2.94 bits per heavy atom. The molecule has 0 bridgehead atoms. The van der Waals surface area contributed by atoms with Crippen molar-refractivity contribution in [1.29, 1.82) is 5.26 Å². The minimum Gasteiger partial charge on any atom is -0.315 e. The van der Waals surface area contributed by atoms with E-state index >= 15 is 0 Å². The van der Waals surface area contributed by atoms with Gasteiger partial charge in [0, 0.05) is 11.0 Å². The van der Waals surface area contributed by atoms with E-state index in [1.165, 1.54) is 6.07 Å². The van der Waals surface area contributed by atoms with Gasteiger partial charge in [0.25, 0.3) is 0 Å². The molecular weight excluding hydrogens is 283 g/mol. The summed E-state index contributed by atoms with van der Waals surface area (Å²) in [6, 6.07) is 7.17. The van der Waals surface area contributed by atoms with Gasteiger partial charge in [-0.15, -0.1) is 0 Å². The van der Waals surface area contributed by atoms with Crippen molar-refractivity contribution in [3.8, 4) is 6.07 Å². The van der Waals surface area contributed by atoms with Crippen LogP contribution in [0.5, 0.6) is 0 Å². The van der Waals surface area contributed by atoms with Crippen molar-refractivity contribution in [3.63, 3.8) is 0 Å². The summed E-state index contributed by atoms with van der Waals surface area (Å²) in [5.74, 6) is -0.135. The first-order valence-electron chi connectivity index (χ1n) is 5.71. The molecule has 2 nitrogen and oxygen atoms in total. The molecule has 1 N–H and O–H groups in total. The van der Waals surface area contributed by atoms with Gasteiger partial charge >= 0.3 is 0 Å². The van der Waals surface area contributed by atoms with Gasteiger partial charge in [-0.1, -0.05) is 22.9 Å². The first kappa shape index (κ1) is 14.1. The summed E-state index contributed by atoms with van der Waals surface area (Å²) in [4.78, 5) is 0. The second kappa shape index (κ2) is 7.41. The summed E-state index contributed by atoms with van der Waals surface area (Å²) < 4.78 is 14.3. The molecule has 1 aromatic carbocycles. The van der Waals surface area contributed by atoms with E-state index in [4.69, 9.17) is 5.26 Å². The van der Waals surface area contributed by atoms with E-state index in [2.05, 4.69) is 27.3 Å². The fourth-order valence-corrected chi connectivity index (χ4v) is 1.92. The van der Waals surface area contributed by atoms with Crippen LogP contribution in [0.1, 0.15) is 18.9 Å². The number of nitriles is 1. The van der Waals surface area contributed by atoms with E-state index < -0.39 is 0 Å². The number of nitrogens with zero attached hydrogens (tertiary/aromatic N) is 1. The Labute approximate surface area is 110 Å². The van der Waals surface area contributed by atoms with Crippen molar-refractivity contribution in [2.24, 2.45) is 5.92 Å². The lowest BCUT2D eigenvalue weighted by atomic mass is 10.1. The number of nitrogens with one attached hydrogen (secondary N) is 1. The van der Waals surface area contributed by atoms with Gasteiger partial charge in [0.2, 0.25) is 0 Å². The Bertz CT molecular complexity index is 401. The molecule has 0 spiro atoms. The summed E-state index contributed by atoms with van der Waals surface area (Å²) in [6.07, 6.45) is 1.47. The monoisotopic (exact) mass is 298 g/mol. The highest BCUT2D eigenvalue weighted by atomic mass is 79.9. The summed E-state index contributed by atoms with van der Waals surface area (Å²) in [6.45, 7) is 3.34. The molecule has 17 heavy (non-hydrogen) atoms. The van der Waals surface area contributed by atoms with E-state index in [0.29, 0.717) is 25.1 Å². The van der Waals surface area contributed by atoms with Crippen molar-refractivity contribution in [2.45, 2.75) is 19.8 Å². The first-order valence-corrected chi connectivity index (χ1v) is 6.51. The van der Waals surface area contributed by atoms with E-state index in [-0.39, 0.29) is 11.7 Å². The van der Waals surface area contributed by atoms with Crippen LogP contribution in [0.2, 0.25) is 0 Å². The fraction of sp³-hybridized carbons (Fsp3) is 0.462. The van der Waals surface area contributed by atoms with Gasteiger partial charge in [0.1, 0.15) is 5.82 Å². The molecule has 0 radical (unpaired) electrons. The quantitative estimate of drug-likeness (QED) is 0.818. The zero-order valence-electron chi connectivity index (χ0n) is 9.84. The summed E-state index contributed by atoms with van der Waals surface area (Å²) in [5, 5.41) is 11.9. The lowest BCUT2D eigenvalue weighted by molar-refractivity contribution is 0.546. The maximum absolute atomic E-state index is 13.4. The van der Waals surface area contributed by atoms with Crippen LogP contribution in [0.15, 0.2) is 22.7 Å². The van der Waals surface area contributed by atoms with Crippen LogP contribution in [-0.2, 0) is 6.42 Å². The van der Waals surface area contributed by atoms with Crippen LogP contribution in [0.4, 0.5) is 4.39 Å². The molecule has 0 saturated heterocycles. The molecule has 0 aromatic heterocycles. The molecule has 1 atom stereocenters. The number of hydrogen-bond donors (Lipinski definition) is 1. The molecule has 1 rings (SSSR count). The van der Waals surface area contributed by atoms with Crippen molar-refractivity contribution >= 4 is 15.9 Å². The number of benzene rings is 1. The van der Waals surface area contributed by atoms with Crippen molar-refractivity contribution in [1.82, 2.24) is 5.32 Å². The molecule has 0 heterocycles. The van der Waals surface area contributed by atoms with E-state index in [1.54, 1.807) is 12.1 Å². The van der Waals surface area contributed by atoms with Crippen LogP contribution < -0.4 is 5.32 Å². The van der Waals surface area contributed by atoms with Crippen LogP contribution in [0.25, 0.3) is 0 Å². The summed E-state index contributed by atoms with van der Waals surface area (Å²) in [5.41, 5.74) is 0.692. The number of hydrogen-bond acceptors (Lipinski definition) is 2. The molecule has 1 unspecified atom stereocenters. The van der Waals surface area contributed by atoms with E-state index in [9.17, 15) is 4.39 Å². The van der Waals surface area contributed by atoms with Crippen LogP contribution in [-0.4, -0.2) is 13.1 Å². The van der Waals surface area contributed by atoms with Gasteiger partial charge in [0.15, 0.2) is 0 Å². The highest BCUT2D eigenvalue weighted by Gasteiger charge is 2.05. The zero-order chi connectivity index (χ0) is 12.7. The third-order valence-electron chi connectivity index (χ3n) is 2.64. The van der Waals surface area contributed by atoms with Gasteiger partial charge in [0.05, 0.1) is 12.0 Å². The van der Waals surface area contributed by atoms with Gasteiger partial charge < -0.3 is 5.32 Å². The zero-order valence-corrected chi connectivity index (χ0v) is 11.4. The Balaban J connectivity index is 2.36. The highest BCUT2D eigenvalue weighted by Crippen LogP contribution is 2.15. The Kier molecular flexibility index (Phi) is 6.17. The second-order valence-electron chi connectivity index (χ2n) is 3.92. The molecule has 0 aliphatic rings. The highest BCUT2D eigenvalue weighted by molar-refractivity contribution is 9.10.